The molecule has 0 aromatic heterocycles. The molecule has 0 aliphatic rings. The smallest absolute Gasteiger partial charge is 0.227 e. The Morgan fingerprint density at radius 1 is 1.19 bits per heavy atom. The summed E-state index contributed by atoms with van der Waals surface area (Å²) in [5.41, 5.74) is 0.646. The van der Waals surface area contributed by atoms with Crippen LogP contribution in [0.2, 0.25) is 5.02 Å². The second-order valence-electron chi connectivity index (χ2n) is 4.30. The van der Waals surface area contributed by atoms with E-state index in [4.69, 9.17) is 21.1 Å². The van der Waals surface area contributed by atoms with Gasteiger partial charge in [0.2, 0.25) is 5.91 Å². The molecule has 110 valence electrons. The third-order valence-corrected chi connectivity index (χ3v) is 3.01. The van der Waals surface area contributed by atoms with Crippen molar-refractivity contribution in [2.24, 2.45) is 0 Å². The summed E-state index contributed by atoms with van der Waals surface area (Å²) < 4.78 is 10.6. The number of nitrogens with one attached hydrogen (secondary N) is 1. The maximum Gasteiger partial charge on any atom is 0.227 e. The summed E-state index contributed by atoms with van der Waals surface area (Å²) in [6, 6.07) is 14.3. The van der Waals surface area contributed by atoms with E-state index in [9.17, 15) is 4.79 Å². The Morgan fingerprint density at radius 2 is 2.00 bits per heavy atom. The van der Waals surface area contributed by atoms with Crippen molar-refractivity contribution < 1.29 is 14.3 Å². The van der Waals surface area contributed by atoms with Crippen LogP contribution >= 0.6 is 11.6 Å². The maximum atomic E-state index is 11.9. The average molecular weight is 306 g/mol. The fourth-order valence-corrected chi connectivity index (χ4v) is 1.96. The fourth-order valence-electron chi connectivity index (χ4n) is 1.78. The van der Waals surface area contributed by atoms with Gasteiger partial charge in [0, 0.05) is 5.02 Å². The van der Waals surface area contributed by atoms with Crippen molar-refractivity contribution >= 4 is 23.2 Å². The minimum absolute atomic E-state index is 0.137. The number of carbonyl (C=O) groups is 1. The molecular formula is C16H16ClNO3. The summed E-state index contributed by atoms with van der Waals surface area (Å²) in [6.45, 7) is 0.279. The van der Waals surface area contributed by atoms with Crippen LogP contribution in [-0.4, -0.2) is 19.6 Å². The number of hydrogen-bond acceptors (Lipinski definition) is 3. The molecule has 1 N–H and O–H groups in total. The third-order valence-electron chi connectivity index (χ3n) is 2.77. The highest BCUT2D eigenvalue weighted by molar-refractivity contribution is 6.30. The Hall–Kier alpha value is -2.20. The van der Waals surface area contributed by atoms with Crippen molar-refractivity contribution in [2.75, 3.05) is 19.0 Å². The lowest BCUT2D eigenvalue weighted by molar-refractivity contribution is -0.116. The molecule has 0 saturated heterocycles. The maximum absolute atomic E-state index is 11.9. The highest BCUT2D eigenvalue weighted by atomic mass is 35.5. The molecule has 2 rings (SSSR count). The Morgan fingerprint density at radius 3 is 2.76 bits per heavy atom. The molecule has 0 fully saturated rings. The van der Waals surface area contributed by atoms with Crippen LogP contribution in [0.15, 0.2) is 48.5 Å². The highest BCUT2D eigenvalue weighted by Crippen LogP contribution is 2.23. The van der Waals surface area contributed by atoms with Gasteiger partial charge in [0.15, 0.2) is 0 Å². The monoisotopic (exact) mass is 305 g/mol. The zero-order valence-corrected chi connectivity index (χ0v) is 12.4. The molecule has 0 radical (unpaired) electrons. The van der Waals surface area contributed by atoms with Crippen molar-refractivity contribution in [1.29, 1.82) is 0 Å². The quantitative estimate of drug-likeness (QED) is 0.884. The SMILES string of the molecule is COc1ccccc1NC(=O)CCOc1cccc(Cl)c1. The zero-order valence-electron chi connectivity index (χ0n) is 11.6. The molecular weight excluding hydrogens is 290 g/mol. The van der Waals surface area contributed by atoms with Gasteiger partial charge in [0.25, 0.3) is 0 Å². The van der Waals surface area contributed by atoms with Gasteiger partial charge in [0.05, 0.1) is 25.8 Å². The van der Waals surface area contributed by atoms with Crippen LogP contribution in [0.3, 0.4) is 0 Å². The molecule has 0 atom stereocenters. The first-order valence-electron chi connectivity index (χ1n) is 6.50. The summed E-state index contributed by atoms with van der Waals surface area (Å²) in [4.78, 5) is 11.9. The minimum Gasteiger partial charge on any atom is -0.495 e. The van der Waals surface area contributed by atoms with Crippen LogP contribution < -0.4 is 14.8 Å². The topological polar surface area (TPSA) is 47.6 Å². The number of carbonyl (C=O) groups excluding carboxylic acids is 1. The zero-order chi connectivity index (χ0) is 15.1. The van der Waals surface area contributed by atoms with Gasteiger partial charge >= 0.3 is 0 Å². The first-order chi connectivity index (χ1) is 10.2. The lowest BCUT2D eigenvalue weighted by atomic mass is 10.3. The predicted octanol–water partition coefficient (Wildman–Crippen LogP) is 3.76. The Balaban J connectivity index is 1.82. The Labute approximate surface area is 128 Å². The van der Waals surface area contributed by atoms with Gasteiger partial charge in [-0.05, 0) is 30.3 Å². The van der Waals surface area contributed by atoms with E-state index < -0.39 is 0 Å². The molecule has 2 aromatic rings. The van der Waals surface area contributed by atoms with Crippen LogP contribution in [0.5, 0.6) is 11.5 Å². The fraction of sp³-hybridized carbons (Fsp3) is 0.188. The van der Waals surface area contributed by atoms with Crippen molar-refractivity contribution in [1.82, 2.24) is 0 Å². The van der Waals surface area contributed by atoms with Gasteiger partial charge in [-0.25, -0.2) is 0 Å². The van der Waals surface area contributed by atoms with Gasteiger partial charge < -0.3 is 14.8 Å². The van der Waals surface area contributed by atoms with Crippen LogP contribution in [0.1, 0.15) is 6.42 Å². The molecule has 0 unspecified atom stereocenters. The van der Waals surface area contributed by atoms with E-state index in [0.717, 1.165) is 0 Å². The predicted molar refractivity (Wildman–Crippen MR) is 83.2 cm³/mol. The van der Waals surface area contributed by atoms with Crippen LogP contribution in [0, 0.1) is 0 Å². The van der Waals surface area contributed by atoms with Crippen molar-refractivity contribution in [3.05, 3.63) is 53.6 Å². The molecule has 0 spiro atoms. The summed E-state index contributed by atoms with van der Waals surface area (Å²) in [7, 11) is 1.56. The second kappa shape index (κ2) is 7.55. The summed E-state index contributed by atoms with van der Waals surface area (Å²) in [5.74, 6) is 1.13. The Kier molecular flexibility index (Phi) is 5.46. The van der Waals surface area contributed by atoms with E-state index in [-0.39, 0.29) is 18.9 Å². The van der Waals surface area contributed by atoms with Crippen molar-refractivity contribution in [2.45, 2.75) is 6.42 Å². The normalized spacial score (nSPS) is 10.0. The van der Waals surface area contributed by atoms with Crippen LogP contribution in [0.4, 0.5) is 5.69 Å². The number of amides is 1. The molecule has 21 heavy (non-hydrogen) atoms. The molecule has 0 aliphatic heterocycles. The second-order valence-corrected chi connectivity index (χ2v) is 4.74. The molecule has 0 saturated carbocycles. The van der Waals surface area contributed by atoms with E-state index in [1.807, 2.05) is 12.1 Å². The molecule has 4 nitrogen and oxygen atoms in total. The standard InChI is InChI=1S/C16H16ClNO3/c1-20-15-8-3-2-7-14(15)18-16(19)9-10-21-13-6-4-5-12(17)11-13/h2-8,11H,9-10H2,1H3,(H,18,19). The Bertz CT molecular complexity index is 616. The van der Waals surface area contributed by atoms with Gasteiger partial charge in [-0.15, -0.1) is 0 Å². The first-order valence-corrected chi connectivity index (χ1v) is 6.88. The van der Waals surface area contributed by atoms with Gasteiger partial charge in [-0.2, -0.15) is 0 Å². The number of halogens is 1. The molecule has 0 aliphatic carbocycles. The van der Waals surface area contributed by atoms with Crippen molar-refractivity contribution in [3.8, 4) is 11.5 Å². The molecule has 1 amide bonds. The summed E-state index contributed by atoms with van der Waals surface area (Å²) >= 11 is 5.85. The molecule has 0 bridgehead atoms. The van der Waals surface area contributed by atoms with E-state index in [2.05, 4.69) is 5.32 Å². The van der Waals surface area contributed by atoms with E-state index in [1.165, 1.54) is 0 Å². The lowest BCUT2D eigenvalue weighted by Crippen LogP contribution is -2.15. The first kappa shape index (κ1) is 15.2. The largest absolute Gasteiger partial charge is 0.495 e. The number of rotatable bonds is 6. The molecule has 5 heteroatoms. The van der Waals surface area contributed by atoms with Crippen LogP contribution in [0.25, 0.3) is 0 Å². The minimum atomic E-state index is -0.137. The van der Waals surface area contributed by atoms with E-state index >= 15 is 0 Å². The van der Waals surface area contributed by atoms with Crippen molar-refractivity contribution in [3.63, 3.8) is 0 Å². The number of para-hydroxylation sites is 2. The molecule has 2 aromatic carbocycles. The summed E-state index contributed by atoms with van der Waals surface area (Å²) in [5, 5.41) is 3.39. The highest BCUT2D eigenvalue weighted by Gasteiger charge is 2.07. The van der Waals surface area contributed by atoms with Gasteiger partial charge in [0.1, 0.15) is 11.5 Å². The van der Waals surface area contributed by atoms with Gasteiger partial charge in [-0.3, -0.25) is 4.79 Å². The number of methoxy groups -OCH3 is 1. The van der Waals surface area contributed by atoms with Gasteiger partial charge in [-0.1, -0.05) is 29.8 Å². The van der Waals surface area contributed by atoms with E-state index in [1.54, 1.807) is 43.5 Å². The number of hydrogen-bond donors (Lipinski definition) is 1. The number of benzene rings is 2. The van der Waals surface area contributed by atoms with E-state index in [0.29, 0.717) is 22.2 Å². The summed E-state index contributed by atoms with van der Waals surface area (Å²) in [6.07, 6.45) is 0.241. The lowest BCUT2D eigenvalue weighted by Gasteiger charge is -2.10. The third kappa shape index (κ3) is 4.68. The average Bonchev–Trinajstić information content (AvgIpc) is 2.48. The number of ether oxygens (including phenoxy) is 2. The van der Waals surface area contributed by atoms with Crippen LogP contribution in [-0.2, 0) is 4.79 Å². The molecule has 0 heterocycles. The number of anilines is 1.